The summed E-state index contributed by atoms with van der Waals surface area (Å²) in [5.41, 5.74) is 1.95. The van der Waals surface area contributed by atoms with Crippen LogP contribution in [0, 0.1) is 0 Å². The van der Waals surface area contributed by atoms with Crippen molar-refractivity contribution in [3.05, 3.63) is 35.4 Å². The van der Waals surface area contributed by atoms with Crippen LogP contribution in [0.5, 0.6) is 0 Å². The van der Waals surface area contributed by atoms with Gasteiger partial charge in [-0.05, 0) is 0 Å². The predicted octanol–water partition coefficient (Wildman–Crippen LogP) is 0.592. The summed E-state index contributed by atoms with van der Waals surface area (Å²) in [6, 6.07) is 0. The molecular formula is C11H11N7OS. The van der Waals surface area contributed by atoms with E-state index in [0.29, 0.717) is 17.9 Å². The van der Waals surface area contributed by atoms with Crippen molar-refractivity contribution in [2.45, 2.75) is 6.54 Å². The molecule has 8 nitrogen and oxygen atoms in total. The number of carbonyl (C=O) groups excluding carboxylic acids is 1. The largest absolute Gasteiger partial charge is 0.345 e. The number of aryl methyl sites for hydroxylation is 1. The highest BCUT2D eigenvalue weighted by molar-refractivity contribution is 7.13. The van der Waals surface area contributed by atoms with E-state index in [1.807, 2.05) is 13.2 Å². The van der Waals surface area contributed by atoms with Crippen molar-refractivity contribution >= 4 is 17.2 Å². The third-order valence-electron chi connectivity index (χ3n) is 2.58. The maximum Gasteiger partial charge on any atom is 0.271 e. The minimum absolute atomic E-state index is 0.237. The number of nitrogens with zero attached hydrogens (tertiary/aromatic N) is 5. The van der Waals surface area contributed by atoms with Crippen molar-refractivity contribution in [2.24, 2.45) is 7.05 Å². The molecule has 0 aliphatic rings. The zero-order chi connectivity index (χ0) is 13.9. The van der Waals surface area contributed by atoms with Gasteiger partial charge in [-0.1, -0.05) is 0 Å². The molecular weight excluding hydrogens is 278 g/mol. The molecule has 1 amide bonds. The normalized spacial score (nSPS) is 10.7. The molecule has 3 aromatic heterocycles. The second kappa shape index (κ2) is 5.21. The van der Waals surface area contributed by atoms with Gasteiger partial charge in [0.05, 0.1) is 18.9 Å². The third kappa shape index (κ3) is 2.57. The summed E-state index contributed by atoms with van der Waals surface area (Å²) in [7, 11) is 1.84. The molecule has 0 bridgehead atoms. The fourth-order valence-electron chi connectivity index (χ4n) is 1.61. The van der Waals surface area contributed by atoms with Crippen LogP contribution in [0.4, 0.5) is 0 Å². The van der Waals surface area contributed by atoms with Crippen LogP contribution in [0.2, 0.25) is 0 Å². The van der Waals surface area contributed by atoms with Crippen molar-refractivity contribution in [2.75, 3.05) is 0 Å². The zero-order valence-electron chi connectivity index (χ0n) is 10.6. The molecule has 0 aromatic carbocycles. The molecule has 2 N–H and O–H groups in total. The highest BCUT2D eigenvalue weighted by Gasteiger charge is 2.12. The summed E-state index contributed by atoms with van der Waals surface area (Å²) in [4.78, 5) is 16.2. The van der Waals surface area contributed by atoms with Crippen LogP contribution in [0.3, 0.4) is 0 Å². The van der Waals surface area contributed by atoms with Crippen molar-refractivity contribution in [3.8, 4) is 10.6 Å². The Kier molecular flexibility index (Phi) is 3.25. The van der Waals surface area contributed by atoms with Gasteiger partial charge in [0.15, 0.2) is 0 Å². The van der Waals surface area contributed by atoms with Crippen molar-refractivity contribution < 1.29 is 4.79 Å². The Morgan fingerprint density at radius 2 is 2.40 bits per heavy atom. The molecule has 3 rings (SSSR count). The van der Waals surface area contributed by atoms with Gasteiger partial charge in [-0.2, -0.15) is 20.5 Å². The van der Waals surface area contributed by atoms with Gasteiger partial charge in [0, 0.05) is 24.2 Å². The van der Waals surface area contributed by atoms with Crippen LogP contribution in [-0.2, 0) is 13.6 Å². The molecule has 20 heavy (non-hydrogen) atoms. The van der Waals surface area contributed by atoms with E-state index in [9.17, 15) is 4.79 Å². The molecule has 3 aromatic rings. The molecule has 0 radical (unpaired) electrons. The Hall–Kier alpha value is -2.55. The Balaban J connectivity index is 1.68. The van der Waals surface area contributed by atoms with E-state index in [1.165, 1.54) is 11.3 Å². The van der Waals surface area contributed by atoms with Gasteiger partial charge in [-0.15, -0.1) is 11.3 Å². The Bertz CT molecular complexity index is 715. The van der Waals surface area contributed by atoms with E-state index >= 15 is 0 Å². The molecule has 0 unspecified atom stereocenters. The van der Waals surface area contributed by atoms with Crippen LogP contribution in [0.15, 0.2) is 24.0 Å². The number of aromatic nitrogens is 6. The number of nitrogens with one attached hydrogen (secondary N) is 2. The van der Waals surface area contributed by atoms with Gasteiger partial charge < -0.3 is 5.32 Å². The van der Waals surface area contributed by atoms with Gasteiger partial charge >= 0.3 is 0 Å². The number of carbonyl (C=O) groups is 1. The number of amides is 1. The first-order valence-electron chi connectivity index (χ1n) is 5.80. The Morgan fingerprint density at radius 3 is 3.10 bits per heavy atom. The van der Waals surface area contributed by atoms with Crippen LogP contribution >= 0.6 is 11.3 Å². The summed E-state index contributed by atoms with van der Waals surface area (Å²) in [6.07, 6.45) is 5.13. The first kappa shape index (κ1) is 12.5. The van der Waals surface area contributed by atoms with Crippen LogP contribution in [0.1, 0.15) is 16.2 Å². The highest BCUT2D eigenvalue weighted by Crippen LogP contribution is 2.22. The monoisotopic (exact) mass is 289 g/mol. The fourth-order valence-corrected chi connectivity index (χ4v) is 2.39. The first-order valence-corrected chi connectivity index (χ1v) is 6.68. The van der Waals surface area contributed by atoms with Gasteiger partial charge in [0.25, 0.3) is 5.91 Å². The lowest BCUT2D eigenvalue weighted by Gasteiger charge is -1.98. The van der Waals surface area contributed by atoms with Crippen LogP contribution in [0.25, 0.3) is 10.6 Å². The second-order valence-corrected chi connectivity index (χ2v) is 4.94. The lowest BCUT2D eigenvalue weighted by atomic mass is 10.3. The van der Waals surface area contributed by atoms with E-state index in [-0.39, 0.29) is 5.91 Å². The van der Waals surface area contributed by atoms with E-state index < -0.39 is 0 Å². The molecule has 0 atom stereocenters. The molecule has 0 aliphatic carbocycles. The second-order valence-electron chi connectivity index (χ2n) is 4.08. The van der Waals surface area contributed by atoms with Crippen LogP contribution in [-0.4, -0.2) is 36.1 Å². The average Bonchev–Trinajstić information content (AvgIpc) is 3.16. The number of hydrogen-bond donors (Lipinski definition) is 2. The molecule has 3 heterocycles. The van der Waals surface area contributed by atoms with Crippen molar-refractivity contribution in [1.82, 2.24) is 35.5 Å². The summed E-state index contributed by atoms with van der Waals surface area (Å²) >= 11 is 1.41. The van der Waals surface area contributed by atoms with Crippen molar-refractivity contribution in [3.63, 3.8) is 0 Å². The maximum absolute atomic E-state index is 11.9. The summed E-state index contributed by atoms with van der Waals surface area (Å²) in [6.45, 7) is 0.315. The van der Waals surface area contributed by atoms with Gasteiger partial charge in [-0.3, -0.25) is 9.48 Å². The highest BCUT2D eigenvalue weighted by atomic mass is 32.1. The maximum atomic E-state index is 11.9. The number of H-pyrrole nitrogens is 1. The summed E-state index contributed by atoms with van der Waals surface area (Å²) in [5.74, 6) is -0.237. The third-order valence-corrected chi connectivity index (χ3v) is 3.47. The summed E-state index contributed by atoms with van der Waals surface area (Å²) in [5, 5.41) is 19.3. The van der Waals surface area contributed by atoms with Gasteiger partial charge in [0.2, 0.25) is 0 Å². The minimum Gasteiger partial charge on any atom is -0.345 e. The lowest BCUT2D eigenvalue weighted by molar-refractivity contribution is 0.0946. The SMILES string of the molecule is Cn1cc(-c2nc(C(=O)NCc3cn[nH]n3)cs2)cn1. The minimum atomic E-state index is -0.237. The molecule has 102 valence electrons. The Labute approximate surface area is 117 Å². The number of hydrogen-bond acceptors (Lipinski definition) is 6. The quantitative estimate of drug-likeness (QED) is 0.732. The van der Waals surface area contributed by atoms with Gasteiger partial charge in [0.1, 0.15) is 16.4 Å². The molecule has 0 saturated carbocycles. The molecule has 0 saturated heterocycles. The molecule has 0 spiro atoms. The van der Waals surface area contributed by atoms with E-state index in [0.717, 1.165) is 10.6 Å². The molecule has 9 heteroatoms. The number of aromatic amines is 1. The van der Waals surface area contributed by atoms with Crippen molar-refractivity contribution in [1.29, 1.82) is 0 Å². The van der Waals surface area contributed by atoms with Crippen LogP contribution < -0.4 is 5.32 Å². The fraction of sp³-hybridized carbons (Fsp3) is 0.182. The van der Waals surface area contributed by atoms with E-state index in [1.54, 1.807) is 22.5 Å². The van der Waals surface area contributed by atoms with E-state index in [4.69, 9.17) is 0 Å². The molecule has 0 aliphatic heterocycles. The predicted molar refractivity (Wildman–Crippen MR) is 71.9 cm³/mol. The number of rotatable bonds is 4. The van der Waals surface area contributed by atoms with E-state index in [2.05, 4.69) is 30.8 Å². The Morgan fingerprint density at radius 1 is 1.50 bits per heavy atom. The first-order chi connectivity index (χ1) is 9.72. The average molecular weight is 289 g/mol. The topological polar surface area (TPSA) is 101 Å². The van der Waals surface area contributed by atoms with Gasteiger partial charge in [-0.25, -0.2) is 4.98 Å². The summed E-state index contributed by atoms with van der Waals surface area (Å²) < 4.78 is 1.70. The lowest BCUT2D eigenvalue weighted by Crippen LogP contribution is -2.23. The number of thiazole rings is 1. The standard InChI is InChI=1S/C11H11N7OS/c1-18-5-7(2-14-18)11-15-9(6-20-11)10(19)12-3-8-4-13-17-16-8/h2,4-6H,3H2,1H3,(H,12,19)(H,13,16,17). The zero-order valence-corrected chi connectivity index (χ0v) is 11.4. The smallest absolute Gasteiger partial charge is 0.271 e. The molecule has 0 fully saturated rings.